The molecule has 0 aromatic carbocycles. The molecule has 0 atom stereocenters. The molecule has 0 aromatic rings. The third kappa shape index (κ3) is 5.88. The zero-order chi connectivity index (χ0) is 13.2. The van der Waals surface area contributed by atoms with Crippen LogP contribution in [0.4, 0.5) is 0 Å². The third-order valence-corrected chi connectivity index (χ3v) is 4.18. The van der Waals surface area contributed by atoms with Crippen LogP contribution in [-0.2, 0) is 9.53 Å². The summed E-state index contributed by atoms with van der Waals surface area (Å²) in [7, 11) is 0. The fourth-order valence-corrected chi connectivity index (χ4v) is 2.98. The Morgan fingerprint density at radius 3 is 2.28 bits per heavy atom. The molecule has 1 rings (SSSR count). The highest BCUT2D eigenvalue weighted by Gasteiger charge is 2.26. The molecule has 0 heterocycles. The van der Waals surface area contributed by atoms with Crippen molar-refractivity contribution < 1.29 is 9.53 Å². The second kappa shape index (κ2) is 9.41. The summed E-state index contributed by atoms with van der Waals surface area (Å²) in [6.45, 7) is 4.67. The van der Waals surface area contributed by atoms with E-state index in [1.165, 1.54) is 51.4 Å². The SMILES string of the molecule is CCCCCCCC1CCC(C(=O)OCC)CC1. The first kappa shape index (κ1) is 15.5. The number of hydrogen-bond donors (Lipinski definition) is 0. The van der Waals surface area contributed by atoms with E-state index in [0.29, 0.717) is 6.61 Å². The van der Waals surface area contributed by atoms with Crippen LogP contribution in [0.2, 0.25) is 0 Å². The number of esters is 1. The van der Waals surface area contributed by atoms with Gasteiger partial charge in [-0.1, -0.05) is 45.4 Å². The Kier molecular flexibility index (Phi) is 8.11. The summed E-state index contributed by atoms with van der Waals surface area (Å²) >= 11 is 0. The summed E-state index contributed by atoms with van der Waals surface area (Å²) in [5.74, 6) is 1.11. The molecule has 0 spiro atoms. The quantitative estimate of drug-likeness (QED) is 0.463. The first-order valence-electron chi connectivity index (χ1n) is 7.94. The van der Waals surface area contributed by atoms with Crippen molar-refractivity contribution in [2.75, 3.05) is 6.61 Å². The van der Waals surface area contributed by atoms with Crippen LogP contribution in [0.3, 0.4) is 0 Å². The van der Waals surface area contributed by atoms with Gasteiger partial charge in [0.2, 0.25) is 0 Å². The number of rotatable bonds is 8. The van der Waals surface area contributed by atoms with Crippen LogP contribution in [0.25, 0.3) is 0 Å². The van der Waals surface area contributed by atoms with Crippen molar-refractivity contribution >= 4 is 5.97 Å². The van der Waals surface area contributed by atoms with Crippen molar-refractivity contribution in [2.24, 2.45) is 11.8 Å². The zero-order valence-electron chi connectivity index (χ0n) is 12.2. The maximum atomic E-state index is 11.6. The van der Waals surface area contributed by atoms with E-state index >= 15 is 0 Å². The van der Waals surface area contributed by atoms with Crippen molar-refractivity contribution in [1.82, 2.24) is 0 Å². The number of carbonyl (C=O) groups is 1. The lowest BCUT2D eigenvalue weighted by atomic mass is 9.80. The Balaban J connectivity index is 2.06. The van der Waals surface area contributed by atoms with Gasteiger partial charge in [0.25, 0.3) is 0 Å². The molecule has 18 heavy (non-hydrogen) atoms. The van der Waals surface area contributed by atoms with Gasteiger partial charge in [0, 0.05) is 0 Å². The van der Waals surface area contributed by atoms with Gasteiger partial charge in [-0.2, -0.15) is 0 Å². The van der Waals surface area contributed by atoms with Gasteiger partial charge in [0.05, 0.1) is 12.5 Å². The van der Waals surface area contributed by atoms with Gasteiger partial charge in [-0.05, 0) is 38.5 Å². The first-order chi connectivity index (χ1) is 8.77. The predicted molar refractivity (Wildman–Crippen MR) is 75.5 cm³/mol. The van der Waals surface area contributed by atoms with E-state index in [0.717, 1.165) is 18.8 Å². The highest BCUT2D eigenvalue weighted by atomic mass is 16.5. The molecule has 0 N–H and O–H groups in total. The molecular weight excluding hydrogens is 224 g/mol. The molecule has 0 amide bonds. The number of hydrogen-bond acceptors (Lipinski definition) is 2. The lowest BCUT2D eigenvalue weighted by molar-refractivity contribution is -0.149. The third-order valence-electron chi connectivity index (χ3n) is 4.18. The number of ether oxygens (including phenoxy) is 1. The van der Waals surface area contributed by atoms with Gasteiger partial charge in [-0.15, -0.1) is 0 Å². The molecule has 0 aromatic heterocycles. The van der Waals surface area contributed by atoms with E-state index in [-0.39, 0.29) is 11.9 Å². The molecule has 0 aliphatic heterocycles. The van der Waals surface area contributed by atoms with E-state index in [4.69, 9.17) is 4.74 Å². The van der Waals surface area contributed by atoms with E-state index in [1.807, 2.05) is 6.92 Å². The Bertz CT molecular complexity index is 217. The van der Waals surface area contributed by atoms with Gasteiger partial charge in [-0.25, -0.2) is 0 Å². The summed E-state index contributed by atoms with van der Waals surface area (Å²) < 4.78 is 5.10. The van der Waals surface area contributed by atoms with Gasteiger partial charge < -0.3 is 4.74 Å². The monoisotopic (exact) mass is 254 g/mol. The molecule has 2 nitrogen and oxygen atoms in total. The summed E-state index contributed by atoms with van der Waals surface area (Å²) in [5, 5.41) is 0. The Morgan fingerprint density at radius 2 is 1.67 bits per heavy atom. The van der Waals surface area contributed by atoms with Crippen molar-refractivity contribution in [3.63, 3.8) is 0 Å². The van der Waals surface area contributed by atoms with E-state index in [2.05, 4.69) is 6.92 Å². The van der Waals surface area contributed by atoms with Crippen LogP contribution in [-0.4, -0.2) is 12.6 Å². The molecule has 1 saturated carbocycles. The number of unbranched alkanes of at least 4 members (excludes halogenated alkanes) is 4. The van der Waals surface area contributed by atoms with E-state index < -0.39 is 0 Å². The molecule has 0 radical (unpaired) electrons. The highest BCUT2D eigenvalue weighted by Crippen LogP contribution is 2.32. The summed E-state index contributed by atoms with van der Waals surface area (Å²) in [6, 6.07) is 0. The minimum atomic E-state index is 0.0406. The minimum Gasteiger partial charge on any atom is -0.466 e. The maximum Gasteiger partial charge on any atom is 0.308 e. The smallest absolute Gasteiger partial charge is 0.308 e. The fraction of sp³-hybridized carbons (Fsp3) is 0.938. The van der Waals surface area contributed by atoms with Crippen LogP contribution in [0.15, 0.2) is 0 Å². The highest BCUT2D eigenvalue weighted by molar-refractivity contribution is 5.72. The minimum absolute atomic E-state index is 0.0406. The van der Waals surface area contributed by atoms with Crippen LogP contribution >= 0.6 is 0 Å². The second-order valence-electron chi connectivity index (χ2n) is 5.67. The molecule has 1 aliphatic carbocycles. The van der Waals surface area contributed by atoms with E-state index in [9.17, 15) is 4.79 Å². The average molecular weight is 254 g/mol. The lowest BCUT2D eigenvalue weighted by Crippen LogP contribution is -2.23. The maximum absolute atomic E-state index is 11.6. The molecule has 0 bridgehead atoms. The fourth-order valence-electron chi connectivity index (χ4n) is 2.98. The summed E-state index contributed by atoms with van der Waals surface area (Å²) in [4.78, 5) is 11.6. The van der Waals surface area contributed by atoms with Crippen LogP contribution in [0.1, 0.15) is 78.1 Å². The van der Waals surface area contributed by atoms with Crippen molar-refractivity contribution in [2.45, 2.75) is 78.1 Å². The topological polar surface area (TPSA) is 26.3 Å². The summed E-state index contributed by atoms with van der Waals surface area (Å²) in [6.07, 6.45) is 12.8. The first-order valence-corrected chi connectivity index (χ1v) is 7.94. The van der Waals surface area contributed by atoms with Crippen LogP contribution < -0.4 is 0 Å². The van der Waals surface area contributed by atoms with Crippen molar-refractivity contribution in [1.29, 1.82) is 0 Å². The zero-order valence-corrected chi connectivity index (χ0v) is 12.2. The molecule has 0 saturated heterocycles. The predicted octanol–water partition coefficient (Wildman–Crippen LogP) is 4.72. The summed E-state index contributed by atoms with van der Waals surface area (Å²) in [5.41, 5.74) is 0. The molecule has 1 aliphatic rings. The Morgan fingerprint density at radius 1 is 1.00 bits per heavy atom. The van der Waals surface area contributed by atoms with Crippen molar-refractivity contribution in [3.05, 3.63) is 0 Å². The second-order valence-corrected chi connectivity index (χ2v) is 5.67. The van der Waals surface area contributed by atoms with Crippen LogP contribution in [0, 0.1) is 11.8 Å². The standard InChI is InChI=1S/C16H30O2/c1-3-5-6-7-8-9-14-10-12-15(13-11-14)16(17)18-4-2/h14-15H,3-13H2,1-2H3. The lowest BCUT2D eigenvalue weighted by Gasteiger charge is -2.27. The molecule has 1 fully saturated rings. The van der Waals surface area contributed by atoms with Crippen LogP contribution in [0.5, 0.6) is 0 Å². The normalized spacial score (nSPS) is 23.9. The molecule has 106 valence electrons. The Hall–Kier alpha value is -0.530. The molecule has 2 heteroatoms. The Labute approximate surface area is 112 Å². The molecular formula is C16H30O2. The van der Waals surface area contributed by atoms with Gasteiger partial charge in [0.15, 0.2) is 0 Å². The molecule has 0 unspecified atom stereocenters. The largest absolute Gasteiger partial charge is 0.466 e. The van der Waals surface area contributed by atoms with Crippen molar-refractivity contribution in [3.8, 4) is 0 Å². The van der Waals surface area contributed by atoms with E-state index in [1.54, 1.807) is 0 Å². The van der Waals surface area contributed by atoms with Gasteiger partial charge >= 0.3 is 5.97 Å². The van der Waals surface area contributed by atoms with Gasteiger partial charge in [-0.3, -0.25) is 4.79 Å². The average Bonchev–Trinajstić information content (AvgIpc) is 2.39. The number of carbonyl (C=O) groups excluding carboxylic acids is 1. The van der Waals surface area contributed by atoms with Gasteiger partial charge in [0.1, 0.15) is 0 Å².